The van der Waals surface area contributed by atoms with Gasteiger partial charge >= 0.3 is 0 Å². The maximum absolute atomic E-state index is 11.2. The van der Waals surface area contributed by atoms with E-state index in [9.17, 15) is 4.79 Å². The van der Waals surface area contributed by atoms with E-state index in [4.69, 9.17) is 11.6 Å². The standard InChI is InChI=1S/C15H18ClNO/c16-14-5-6-15(13(7-14)10-18)17(8-11-1-2-11)9-12-3-4-12/h5-7,10-12H,1-4,8-9H2. The van der Waals surface area contributed by atoms with Crippen LogP contribution in [0.5, 0.6) is 0 Å². The molecule has 0 radical (unpaired) electrons. The summed E-state index contributed by atoms with van der Waals surface area (Å²) in [6.45, 7) is 2.19. The maximum atomic E-state index is 11.2. The fourth-order valence-corrected chi connectivity index (χ4v) is 2.58. The van der Waals surface area contributed by atoms with E-state index in [0.717, 1.165) is 42.5 Å². The molecule has 2 fully saturated rings. The smallest absolute Gasteiger partial charge is 0.152 e. The van der Waals surface area contributed by atoms with Crippen LogP contribution in [-0.4, -0.2) is 19.4 Å². The highest BCUT2D eigenvalue weighted by atomic mass is 35.5. The lowest BCUT2D eigenvalue weighted by molar-refractivity contribution is 0.112. The van der Waals surface area contributed by atoms with Crippen LogP contribution in [0.1, 0.15) is 36.0 Å². The molecule has 0 amide bonds. The van der Waals surface area contributed by atoms with Gasteiger partial charge in [-0.05, 0) is 55.7 Å². The molecule has 3 heteroatoms. The van der Waals surface area contributed by atoms with Crippen molar-refractivity contribution in [3.05, 3.63) is 28.8 Å². The van der Waals surface area contributed by atoms with E-state index in [0.29, 0.717) is 5.02 Å². The molecule has 2 aliphatic carbocycles. The summed E-state index contributed by atoms with van der Waals surface area (Å²) in [5.41, 5.74) is 1.79. The van der Waals surface area contributed by atoms with Gasteiger partial charge in [-0.2, -0.15) is 0 Å². The van der Waals surface area contributed by atoms with Crippen molar-refractivity contribution in [3.63, 3.8) is 0 Å². The zero-order valence-electron chi connectivity index (χ0n) is 10.4. The first-order valence-corrected chi connectivity index (χ1v) is 7.13. The molecular formula is C15H18ClNO. The molecule has 2 nitrogen and oxygen atoms in total. The molecule has 0 N–H and O–H groups in total. The van der Waals surface area contributed by atoms with Gasteiger partial charge in [0.1, 0.15) is 0 Å². The Kier molecular flexibility index (Phi) is 3.29. The van der Waals surface area contributed by atoms with Crippen LogP contribution in [0.15, 0.2) is 18.2 Å². The molecule has 0 aliphatic heterocycles. The Morgan fingerprint density at radius 1 is 1.17 bits per heavy atom. The summed E-state index contributed by atoms with van der Waals surface area (Å²) in [7, 11) is 0. The lowest BCUT2D eigenvalue weighted by atomic mass is 10.1. The van der Waals surface area contributed by atoms with E-state index in [1.165, 1.54) is 25.7 Å². The molecule has 0 unspecified atom stereocenters. The average molecular weight is 264 g/mol. The van der Waals surface area contributed by atoms with Crippen LogP contribution in [0.3, 0.4) is 0 Å². The van der Waals surface area contributed by atoms with Crippen molar-refractivity contribution in [2.75, 3.05) is 18.0 Å². The quantitative estimate of drug-likeness (QED) is 0.728. The first-order chi connectivity index (χ1) is 8.76. The third-order valence-corrected chi connectivity index (χ3v) is 4.04. The number of anilines is 1. The number of nitrogens with zero attached hydrogens (tertiary/aromatic N) is 1. The molecule has 0 spiro atoms. The molecule has 3 rings (SSSR count). The van der Waals surface area contributed by atoms with Crippen LogP contribution in [0.25, 0.3) is 0 Å². The summed E-state index contributed by atoms with van der Waals surface area (Å²) in [6.07, 6.45) is 6.28. The highest BCUT2D eigenvalue weighted by Crippen LogP contribution is 2.36. The fourth-order valence-electron chi connectivity index (χ4n) is 2.40. The molecular weight excluding hydrogens is 246 g/mol. The van der Waals surface area contributed by atoms with E-state index in [2.05, 4.69) is 4.90 Å². The summed E-state index contributed by atoms with van der Waals surface area (Å²) in [5.74, 6) is 1.66. The zero-order valence-corrected chi connectivity index (χ0v) is 11.2. The van der Waals surface area contributed by atoms with E-state index in [1.807, 2.05) is 12.1 Å². The van der Waals surface area contributed by atoms with Gasteiger partial charge in [-0.1, -0.05) is 11.6 Å². The normalized spacial score (nSPS) is 18.7. The summed E-state index contributed by atoms with van der Waals surface area (Å²) < 4.78 is 0. The number of benzene rings is 1. The second-order valence-electron chi connectivity index (χ2n) is 5.61. The second kappa shape index (κ2) is 4.93. The maximum Gasteiger partial charge on any atom is 0.152 e. The van der Waals surface area contributed by atoms with Crippen LogP contribution in [0.2, 0.25) is 5.02 Å². The van der Waals surface area contributed by atoms with Crippen molar-refractivity contribution in [1.29, 1.82) is 0 Å². The number of hydrogen-bond donors (Lipinski definition) is 0. The molecule has 1 aromatic carbocycles. The highest BCUT2D eigenvalue weighted by Gasteiger charge is 2.30. The van der Waals surface area contributed by atoms with Gasteiger partial charge in [-0.15, -0.1) is 0 Å². The van der Waals surface area contributed by atoms with Gasteiger partial charge in [0.05, 0.1) is 0 Å². The third-order valence-electron chi connectivity index (χ3n) is 3.81. The summed E-state index contributed by atoms with van der Waals surface area (Å²) >= 11 is 5.96. The van der Waals surface area contributed by atoms with Crippen LogP contribution in [0.4, 0.5) is 5.69 Å². The first kappa shape index (κ1) is 12.0. The molecule has 0 heterocycles. The number of carbonyl (C=O) groups is 1. The van der Waals surface area contributed by atoms with Gasteiger partial charge < -0.3 is 4.90 Å². The van der Waals surface area contributed by atoms with Crippen molar-refractivity contribution >= 4 is 23.6 Å². The van der Waals surface area contributed by atoms with Gasteiger partial charge in [-0.3, -0.25) is 4.79 Å². The van der Waals surface area contributed by atoms with Crippen LogP contribution in [-0.2, 0) is 0 Å². The topological polar surface area (TPSA) is 20.3 Å². The molecule has 0 aromatic heterocycles. The Morgan fingerprint density at radius 3 is 2.28 bits per heavy atom. The molecule has 2 aliphatic rings. The summed E-state index contributed by atoms with van der Waals surface area (Å²) in [4.78, 5) is 13.6. The predicted octanol–water partition coefficient (Wildman–Crippen LogP) is 3.78. The number of aldehydes is 1. The fraction of sp³-hybridized carbons (Fsp3) is 0.533. The number of carbonyl (C=O) groups excluding carboxylic acids is 1. The third kappa shape index (κ3) is 2.86. The largest absolute Gasteiger partial charge is 0.370 e. The molecule has 0 saturated heterocycles. The molecule has 0 bridgehead atoms. The Labute approximate surface area is 113 Å². The van der Waals surface area contributed by atoms with Gasteiger partial charge in [0.2, 0.25) is 0 Å². The van der Waals surface area contributed by atoms with Crippen molar-refractivity contribution in [2.24, 2.45) is 11.8 Å². The molecule has 96 valence electrons. The zero-order chi connectivity index (χ0) is 12.5. The monoisotopic (exact) mass is 263 g/mol. The van der Waals surface area contributed by atoms with Crippen molar-refractivity contribution < 1.29 is 4.79 Å². The Bertz CT molecular complexity index is 438. The van der Waals surface area contributed by atoms with Crippen molar-refractivity contribution in [2.45, 2.75) is 25.7 Å². The summed E-state index contributed by atoms with van der Waals surface area (Å²) in [6, 6.07) is 5.66. The Balaban J connectivity index is 1.83. The van der Waals surface area contributed by atoms with E-state index < -0.39 is 0 Å². The van der Waals surface area contributed by atoms with Gasteiger partial charge in [-0.25, -0.2) is 0 Å². The minimum atomic E-state index is 0.638. The number of rotatable bonds is 6. The SMILES string of the molecule is O=Cc1cc(Cl)ccc1N(CC1CC1)CC1CC1. The van der Waals surface area contributed by atoms with Crippen molar-refractivity contribution in [3.8, 4) is 0 Å². The van der Waals surface area contributed by atoms with Crippen LogP contribution < -0.4 is 4.90 Å². The molecule has 2 saturated carbocycles. The van der Waals surface area contributed by atoms with Gasteiger partial charge in [0.25, 0.3) is 0 Å². The van der Waals surface area contributed by atoms with Gasteiger partial charge in [0.15, 0.2) is 6.29 Å². The van der Waals surface area contributed by atoms with E-state index in [-0.39, 0.29) is 0 Å². The highest BCUT2D eigenvalue weighted by molar-refractivity contribution is 6.31. The molecule has 18 heavy (non-hydrogen) atoms. The first-order valence-electron chi connectivity index (χ1n) is 6.76. The van der Waals surface area contributed by atoms with E-state index >= 15 is 0 Å². The lowest BCUT2D eigenvalue weighted by Gasteiger charge is -2.26. The minimum Gasteiger partial charge on any atom is -0.370 e. The van der Waals surface area contributed by atoms with E-state index in [1.54, 1.807) is 6.07 Å². The molecule has 0 atom stereocenters. The summed E-state index contributed by atoms with van der Waals surface area (Å²) in [5, 5.41) is 0.638. The van der Waals surface area contributed by atoms with Crippen LogP contribution >= 0.6 is 11.6 Å². The lowest BCUT2D eigenvalue weighted by Crippen LogP contribution is -2.29. The second-order valence-corrected chi connectivity index (χ2v) is 6.05. The molecule has 1 aromatic rings. The average Bonchev–Trinajstić information content (AvgIpc) is 3.23. The minimum absolute atomic E-state index is 0.638. The Morgan fingerprint density at radius 2 is 1.78 bits per heavy atom. The van der Waals surface area contributed by atoms with Crippen molar-refractivity contribution in [1.82, 2.24) is 0 Å². The van der Waals surface area contributed by atoms with Gasteiger partial charge in [0, 0.05) is 29.4 Å². The number of hydrogen-bond acceptors (Lipinski definition) is 2. The predicted molar refractivity (Wildman–Crippen MR) is 74.5 cm³/mol. The Hall–Kier alpha value is -1.02. The van der Waals surface area contributed by atoms with Crippen LogP contribution in [0, 0.1) is 11.8 Å². The number of halogens is 1.